The monoisotopic (exact) mass is 196 g/mol. The Kier molecular flexibility index (Phi) is 1.71. The van der Waals surface area contributed by atoms with Gasteiger partial charge in [-0.2, -0.15) is 0 Å². The number of nitrogens with two attached hydrogens (primary N) is 1. The lowest BCUT2D eigenvalue weighted by Crippen LogP contribution is -2.26. The van der Waals surface area contributed by atoms with E-state index in [2.05, 4.69) is 15.3 Å². The number of hydrogen-bond donors (Lipinski definition) is 2. The molecular weight excluding hydrogens is 188 g/mol. The predicted octanol–water partition coefficient (Wildman–Crippen LogP) is -0.625. The van der Waals surface area contributed by atoms with Gasteiger partial charge in [-0.25, -0.2) is 9.99 Å². The summed E-state index contributed by atoms with van der Waals surface area (Å²) < 4.78 is 1.30. The zero-order valence-corrected chi connectivity index (χ0v) is 7.32. The Morgan fingerprint density at radius 1 is 1.71 bits per heavy atom. The molecule has 1 aliphatic rings. The fourth-order valence-corrected chi connectivity index (χ4v) is 1.14. The highest BCUT2D eigenvalue weighted by atomic mass is 16.3. The van der Waals surface area contributed by atoms with Crippen LogP contribution in [-0.2, 0) is 0 Å². The summed E-state index contributed by atoms with van der Waals surface area (Å²) in [6.45, 7) is 0. The number of aliphatic hydroxyl groups excluding tert-OH is 1. The van der Waals surface area contributed by atoms with Gasteiger partial charge in [0.05, 0.1) is 0 Å². The number of rotatable bonds is 1. The maximum atomic E-state index is 10.9. The van der Waals surface area contributed by atoms with Crippen LogP contribution in [-0.4, -0.2) is 32.6 Å². The molecule has 0 saturated heterocycles. The standard InChI is InChI=1S/C6H8N6O2/c1-11-6(14)12-2-8-3(4(7)13)5(12)9-10-11/h2,6,14H,1H3,(H2,7,13). The van der Waals surface area contributed by atoms with Crippen molar-refractivity contribution in [1.29, 1.82) is 0 Å². The molecule has 2 rings (SSSR count). The van der Waals surface area contributed by atoms with Gasteiger partial charge >= 0.3 is 0 Å². The lowest BCUT2D eigenvalue weighted by molar-refractivity contribution is -0.0491. The van der Waals surface area contributed by atoms with Crippen LogP contribution >= 0.6 is 0 Å². The molecule has 0 bridgehead atoms. The third-order valence-electron chi connectivity index (χ3n) is 1.86. The SMILES string of the molecule is CN1N=Nc2c(C(N)=O)ncn2C1O. The Bertz CT molecular complexity index is 410. The van der Waals surface area contributed by atoms with Crippen LogP contribution in [0.3, 0.4) is 0 Å². The maximum absolute atomic E-state index is 10.9. The van der Waals surface area contributed by atoms with Crippen LogP contribution in [0.5, 0.6) is 0 Å². The summed E-state index contributed by atoms with van der Waals surface area (Å²) in [5, 5.41) is 18.1. The Morgan fingerprint density at radius 3 is 3.07 bits per heavy atom. The van der Waals surface area contributed by atoms with E-state index in [1.54, 1.807) is 7.05 Å². The summed E-state index contributed by atoms with van der Waals surface area (Å²) in [4.78, 5) is 14.6. The minimum Gasteiger partial charge on any atom is -0.364 e. The van der Waals surface area contributed by atoms with E-state index in [0.29, 0.717) is 0 Å². The molecule has 2 heterocycles. The van der Waals surface area contributed by atoms with Crippen molar-refractivity contribution in [3.63, 3.8) is 0 Å². The molecule has 1 atom stereocenters. The lowest BCUT2D eigenvalue weighted by atomic mass is 10.4. The topological polar surface area (TPSA) is 109 Å². The second kappa shape index (κ2) is 2.77. The molecule has 0 radical (unpaired) electrons. The second-order valence-electron chi connectivity index (χ2n) is 2.80. The molecule has 0 aliphatic carbocycles. The van der Waals surface area contributed by atoms with E-state index in [9.17, 15) is 9.90 Å². The molecule has 0 spiro atoms. The summed E-state index contributed by atoms with van der Waals surface area (Å²) in [5.41, 5.74) is 5.05. The maximum Gasteiger partial charge on any atom is 0.271 e. The van der Waals surface area contributed by atoms with Crippen molar-refractivity contribution >= 4 is 11.7 Å². The first-order valence-corrected chi connectivity index (χ1v) is 3.80. The number of aliphatic hydroxyl groups is 1. The van der Waals surface area contributed by atoms with Gasteiger partial charge in [-0.3, -0.25) is 9.36 Å². The molecule has 1 aromatic heterocycles. The average molecular weight is 196 g/mol. The number of aromatic nitrogens is 2. The van der Waals surface area contributed by atoms with Gasteiger partial charge in [-0.1, -0.05) is 5.22 Å². The molecule has 0 fully saturated rings. The zero-order chi connectivity index (χ0) is 10.3. The van der Waals surface area contributed by atoms with Crippen LogP contribution in [0.15, 0.2) is 16.7 Å². The normalized spacial score (nSPS) is 19.6. The van der Waals surface area contributed by atoms with Crippen molar-refractivity contribution in [3.05, 3.63) is 12.0 Å². The fraction of sp³-hybridized carbons (Fsp3) is 0.333. The molecule has 1 amide bonds. The van der Waals surface area contributed by atoms with Crippen LogP contribution in [0.25, 0.3) is 0 Å². The molecule has 74 valence electrons. The van der Waals surface area contributed by atoms with Crippen molar-refractivity contribution in [3.8, 4) is 0 Å². The highest BCUT2D eigenvalue weighted by Gasteiger charge is 2.25. The van der Waals surface area contributed by atoms with E-state index in [4.69, 9.17) is 5.73 Å². The van der Waals surface area contributed by atoms with Crippen molar-refractivity contribution in [2.45, 2.75) is 6.35 Å². The molecule has 0 aromatic carbocycles. The molecule has 8 nitrogen and oxygen atoms in total. The first kappa shape index (κ1) is 8.63. The van der Waals surface area contributed by atoms with Crippen LogP contribution in [0.2, 0.25) is 0 Å². The van der Waals surface area contributed by atoms with Gasteiger partial charge < -0.3 is 10.8 Å². The van der Waals surface area contributed by atoms with Gasteiger partial charge in [0.2, 0.25) is 6.35 Å². The zero-order valence-electron chi connectivity index (χ0n) is 7.32. The number of amides is 1. The number of nitrogens with zero attached hydrogens (tertiary/aromatic N) is 5. The van der Waals surface area contributed by atoms with E-state index in [1.807, 2.05) is 0 Å². The third-order valence-corrected chi connectivity index (χ3v) is 1.86. The molecule has 1 aromatic rings. The Balaban J connectivity index is 2.53. The minimum absolute atomic E-state index is 0.000833. The Hall–Kier alpha value is -1.96. The first-order chi connectivity index (χ1) is 6.61. The highest BCUT2D eigenvalue weighted by Crippen LogP contribution is 2.27. The van der Waals surface area contributed by atoms with Gasteiger partial charge in [0, 0.05) is 7.05 Å². The number of imidazole rings is 1. The van der Waals surface area contributed by atoms with E-state index in [1.165, 1.54) is 15.9 Å². The van der Waals surface area contributed by atoms with Gasteiger partial charge in [-0.15, -0.1) is 5.11 Å². The Morgan fingerprint density at radius 2 is 2.43 bits per heavy atom. The summed E-state index contributed by atoms with van der Waals surface area (Å²) in [6, 6.07) is 0. The summed E-state index contributed by atoms with van der Waals surface area (Å²) in [5.74, 6) is -0.530. The predicted molar refractivity (Wildman–Crippen MR) is 44.3 cm³/mol. The summed E-state index contributed by atoms with van der Waals surface area (Å²) in [7, 11) is 1.54. The summed E-state index contributed by atoms with van der Waals surface area (Å²) >= 11 is 0. The van der Waals surface area contributed by atoms with Crippen LogP contribution in [0, 0.1) is 0 Å². The number of carbonyl (C=O) groups is 1. The fourth-order valence-electron chi connectivity index (χ4n) is 1.14. The molecule has 3 N–H and O–H groups in total. The van der Waals surface area contributed by atoms with E-state index in [-0.39, 0.29) is 11.5 Å². The Labute approximate surface area is 78.6 Å². The molecular formula is C6H8N6O2. The van der Waals surface area contributed by atoms with Crippen molar-refractivity contribution < 1.29 is 9.90 Å². The van der Waals surface area contributed by atoms with Crippen molar-refractivity contribution in [2.24, 2.45) is 16.1 Å². The van der Waals surface area contributed by atoms with Gasteiger partial charge in [0.25, 0.3) is 5.91 Å². The molecule has 1 aliphatic heterocycles. The largest absolute Gasteiger partial charge is 0.364 e. The number of fused-ring (bicyclic) bond motifs is 1. The third kappa shape index (κ3) is 1.04. The van der Waals surface area contributed by atoms with Gasteiger partial charge in [-0.05, 0) is 0 Å². The van der Waals surface area contributed by atoms with Gasteiger partial charge in [0.15, 0.2) is 11.5 Å². The van der Waals surface area contributed by atoms with Crippen molar-refractivity contribution in [2.75, 3.05) is 7.05 Å². The molecule has 0 saturated carbocycles. The minimum atomic E-state index is -1.01. The van der Waals surface area contributed by atoms with E-state index in [0.717, 1.165) is 0 Å². The molecule has 8 heteroatoms. The highest BCUT2D eigenvalue weighted by molar-refractivity contribution is 5.95. The number of carbonyl (C=O) groups excluding carboxylic acids is 1. The van der Waals surface area contributed by atoms with E-state index >= 15 is 0 Å². The van der Waals surface area contributed by atoms with E-state index < -0.39 is 12.3 Å². The van der Waals surface area contributed by atoms with Crippen molar-refractivity contribution in [1.82, 2.24) is 14.6 Å². The lowest BCUT2D eigenvalue weighted by Gasteiger charge is -2.23. The smallest absolute Gasteiger partial charge is 0.271 e. The average Bonchev–Trinajstić information content (AvgIpc) is 2.55. The quantitative estimate of drug-likeness (QED) is 0.623. The molecule has 14 heavy (non-hydrogen) atoms. The number of hydrogen-bond acceptors (Lipinski definition) is 6. The van der Waals surface area contributed by atoms with Crippen LogP contribution in [0.4, 0.5) is 5.82 Å². The van der Waals surface area contributed by atoms with Crippen LogP contribution in [0.1, 0.15) is 16.8 Å². The molecule has 1 unspecified atom stereocenters. The van der Waals surface area contributed by atoms with Gasteiger partial charge in [0.1, 0.15) is 6.33 Å². The number of primary amides is 1. The summed E-state index contributed by atoms with van der Waals surface area (Å²) in [6.07, 6.45) is 0.275. The first-order valence-electron chi connectivity index (χ1n) is 3.80. The second-order valence-corrected chi connectivity index (χ2v) is 2.80. The van der Waals surface area contributed by atoms with Crippen LogP contribution < -0.4 is 5.73 Å².